The van der Waals surface area contributed by atoms with E-state index in [9.17, 15) is 13.2 Å². The Hall–Kier alpha value is -2.18. The van der Waals surface area contributed by atoms with Crippen LogP contribution in [0.3, 0.4) is 0 Å². The summed E-state index contributed by atoms with van der Waals surface area (Å²) in [6.07, 6.45) is 1.34. The first kappa shape index (κ1) is 21.5. The predicted octanol–water partition coefficient (Wildman–Crippen LogP) is 3.92. The molecule has 1 atom stereocenters. The van der Waals surface area contributed by atoms with Gasteiger partial charge in [0, 0.05) is 19.6 Å². The smallest absolute Gasteiger partial charge is 0.243 e. The SMILES string of the molecule is CC(C)c1ccc(S(=O)(=O)N2CCCC(C)(C(=O)NCc3ccccc3)C2)cc1. The van der Waals surface area contributed by atoms with Gasteiger partial charge in [0.05, 0.1) is 10.3 Å². The first-order valence-electron chi connectivity index (χ1n) is 10.1. The van der Waals surface area contributed by atoms with Gasteiger partial charge in [-0.1, -0.05) is 56.3 Å². The van der Waals surface area contributed by atoms with E-state index in [1.54, 1.807) is 12.1 Å². The van der Waals surface area contributed by atoms with Gasteiger partial charge in [0.15, 0.2) is 0 Å². The highest BCUT2D eigenvalue weighted by Gasteiger charge is 2.41. The maximum Gasteiger partial charge on any atom is 0.243 e. The molecule has 2 aromatic carbocycles. The molecule has 1 aliphatic heterocycles. The van der Waals surface area contributed by atoms with Gasteiger partial charge in [-0.2, -0.15) is 4.31 Å². The third-order valence-corrected chi connectivity index (χ3v) is 7.55. The number of hydrogen-bond acceptors (Lipinski definition) is 3. The number of carbonyl (C=O) groups excluding carboxylic acids is 1. The fraction of sp³-hybridized carbons (Fsp3) is 0.435. The second kappa shape index (κ2) is 8.67. The van der Waals surface area contributed by atoms with E-state index in [1.807, 2.05) is 49.4 Å². The molecule has 29 heavy (non-hydrogen) atoms. The van der Waals surface area contributed by atoms with Crippen molar-refractivity contribution in [2.45, 2.75) is 51.0 Å². The lowest BCUT2D eigenvalue weighted by Gasteiger charge is -2.38. The van der Waals surface area contributed by atoms with Crippen molar-refractivity contribution < 1.29 is 13.2 Å². The monoisotopic (exact) mass is 414 g/mol. The number of benzene rings is 2. The van der Waals surface area contributed by atoms with Crippen LogP contribution in [0, 0.1) is 5.41 Å². The molecule has 6 heteroatoms. The maximum absolute atomic E-state index is 13.2. The van der Waals surface area contributed by atoms with Crippen LogP contribution in [-0.4, -0.2) is 31.7 Å². The summed E-state index contributed by atoms with van der Waals surface area (Å²) in [6, 6.07) is 16.8. The van der Waals surface area contributed by atoms with Crippen molar-refractivity contribution >= 4 is 15.9 Å². The first-order chi connectivity index (χ1) is 13.7. The summed E-state index contributed by atoms with van der Waals surface area (Å²) in [5.74, 6) is 0.245. The standard InChI is InChI=1S/C23H30N2O3S/c1-18(2)20-10-12-21(13-11-20)29(27,28)25-15-7-14-23(3,17-25)22(26)24-16-19-8-5-4-6-9-19/h4-6,8-13,18H,7,14-17H2,1-3H3,(H,24,26). The third kappa shape index (κ3) is 4.87. The molecular formula is C23H30N2O3S. The van der Waals surface area contributed by atoms with Crippen LogP contribution < -0.4 is 5.32 Å². The van der Waals surface area contributed by atoms with Crippen LogP contribution in [0.1, 0.15) is 50.7 Å². The van der Waals surface area contributed by atoms with E-state index in [1.165, 1.54) is 4.31 Å². The largest absolute Gasteiger partial charge is 0.352 e. The minimum atomic E-state index is -3.62. The molecule has 0 spiro atoms. The van der Waals surface area contributed by atoms with E-state index in [0.717, 1.165) is 11.1 Å². The number of sulfonamides is 1. The van der Waals surface area contributed by atoms with Crippen LogP contribution in [0.5, 0.6) is 0 Å². The first-order valence-corrected chi connectivity index (χ1v) is 11.6. The lowest BCUT2D eigenvalue weighted by atomic mass is 9.82. The van der Waals surface area contributed by atoms with Crippen molar-refractivity contribution in [3.63, 3.8) is 0 Å². The summed E-state index contributed by atoms with van der Waals surface area (Å²) >= 11 is 0. The summed E-state index contributed by atoms with van der Waals surface area (Å²) < 4.78 is 27.8. The molecule has 156 valence electrons. The van der Waals surface area contributed by atoms with Crippen molar-refractivity contribution in [2.24, 2.45) is 5.41 Å². The van der Waals surface area contributed by atoms with E-state index in [-0.39, 0.29) is 17.3 Å². The zero-order valence-electron chi connectivity index (χ0n) is 17.4. The molecule has 0 radical (unpaired) electrons. The van der Waals surface area contributed by atoms with Gasteiger partial charge < -0.3 is 5.32 Å². The fourth-order valence-electron chi connectivity index (χ4n) is 3.75. The Balaban J connectivity index is 1.71. The topological polar surface area (TPSA) is 66.5 Å². The molecule has 1 heterocycles. The van der Waals surface area contributed by atoms with Gasteiger partial charge in [0.1, 0.15) is 0 Å². The van der Waals surface area contributed by atoms with Gasteiger partial charge in [-0.05, 0) is 48.9 Å². The molecule has 1 aliphatic rings. The molecule has 0 bridgehead atoms. The molecule has 1 amide bonds. The predicted molar refractivity (Wildman–Crippen MR) is 115 cm³/mol. The molecule has 1 unspecified atom stereocenters. The molecule has 0 aliphatic carbocycles. The van der Waals surface area contributed by atoms with Gasteiger partial charge in [-0.3, -0.25) is 4.79 Å². The Morgan fingerprint density at radius 1 is 1.10 bits per heavy atom. The number of rotatable bonds is 6. The highest BCUT2D eigenvalue weighted by molar-refractivity contribution is 7.89. The zero-order chi connectivity index (χ0) is 21.1. The Bertz CT molecular complexity index is 940. The molecule has 0 aromatic heterocycles. The minimum Gasteiger partial charge on any atom is -0.352 e. The molecule has 3 rings (SSSR count). The minimum absolute atomic E-state index is 0.101. The lowest BCUT2D eigenvalue weighted by molar-refractivity contribution is -0.132. The number of piperidine rings is 1. The number of nitrogens with one attached hydrogen (secondary N) is 1. The summed E-state index contributed by atoms with van der Waals surface area (Å²) in [5, 5.41) is 2.98. The average molecular weight is 415 g/mol. The average Bonchev–Trinajstić information content (AvgIpc) is 2.72. The van der Waals surface area contributed by atoms with Gasteiger partial charge in [-0.15, -0.1) is 0 Å². The Labute approximate surface area is 174 Å². The van der Waals surface area contributed by atoms with Crippen LogP contribution >= 0.6 is 0 Å². The van der Waals surface area contributed by atoms with E-state index in [0.29, 0.717) is 31.8 Å². The van der Waals surface area contributed by atoms with Gasteiger partial charge in [0.25, 0.3) is 0 Å². The summed E-state index contributed by atoms with van der Waals surface area (Å²) in [4.78, 5) is 13.2. The Morgan fingerprint density at radius 3 is 2.38 bits per heavy atom. The van der Waals surface area contributed by atoms with Gasteiger partial charge >= 0.3 is 0 Å². The van der Waals surface area contributed by atoms with Crippen LogP contribution in [0.25, 0.3) is 0 Å². The molecule has 1 fully saturated rings. The van der Waals surface area contributed by atoms with Crippen molar-refractivity contribution in [1.82, 2.24) is 9.62 Å². The van der Waals surface area contributed by atoms with E-state index >= 15 is 0 Å². The van der Waals surface area contributed by atoms with Crippen molar-refractivity contribution in [1.29, 1.82) is 0 Å². The van der Waals surface area contributed by atoms with Crippen LogP contribution in [0.4, 0.5) is 0 Å². The maximum atomic E-state index is 13.2. The van der Waals surface area contributed by atoms with Gasteiger partial charge in [-0.25, -0.2) is 8.42 Å². The lowest BCUT2D eigenvalue weighted by Crippen LogP contribution is -2.51. The van der Waals surface area contributed by atoms with Crippen LogP contribution in [-0.2, 0) is 21.4 Å². The number of carbonyl (C=O) groups is 1. The molecule has 5 nitrogen and oxygen atoms in total. The molecule has 0 saturated carbocycles. The van der Waals surface area contributed by atoms with E-state index in [4.69, 9.17) is 0 Å². The summed E-state index contributed by atoms with van der Waals surface area (Å²) in [5.41, 5.74) is 1.39. The third-order valence-electron chi connectivity index (χ3n) is 5.69. The van der Waals surface area contributed by atoms with E-state index in [2.05, 4.69) is 19.2 Å². The quantitative estimate of drug-likeness (QED) is 0.779. The second-order valence-corrected chi connectivity index (χ2v) is 10.3. The van der Waals surface area contributed by atoms with Crippen molar-refractivity contribution in [3.8, 4) is 0 Å². The van der Waals surface area contributed by atoms with E-state index < -0.39 is 15.4 Å². The van der Waals surface area contributed by atoms with Crippen LogP contribution in [0.15, 0.2) is 59.5 Å². The molecule has 2 aromatic rings. The summed E-state index contributed by atoms with van der Waals surface area (Å²) in [7, 11) is -3.62. The fourth-order valence-corrected chi connectivity index (χ4v) is 5.35. The van der Waals surface area contributed by atoms with Crippen molar-refractivity contribution in [3.05, 3.63) is 65.7 Å². The summed E-state index contributed by atoms with van der Waals surface area (Å²) in [6.45, 7) is 7.09. The second-order valence-electron chi connectivity index (χ2n) is 8.39. The zero-order valence-corrected chi connectivity index (χ0v) is 18.2. The number of amides is 1. The Morgan fingerprint density at radius 2 is 1.76 bits per heavy atom. The van der Waals surface area contributed by atoms with Gasteiger partial charge in [0.2, 0.25) is 15.9 Å². The normalized spacial score (nSPS) is 20.6. The highest BCUT2D eigenvalue weighted by atomic mass is 32.2. The highest BCUT2D eigenvalue weighted by Crippen LogP contribution is 2.33. The molecule has 1 N–H and O–H groups in total. The number of nitrogens with zero attached hydrogens (tertiary/aromatic N) is 1. The molecular weight excluding hydrogens is 384 g/mol. The number of hydrogen-bond donors (Lipinski definition) is 1. The van der Waals surface area contributed by atoms with Crippen LogP contribution in [0.2, 0.25) is 0 Å². The van der Waals surface area contributed by atoms with Crippen molar-refractivity contribution in [2.75, 3.05) is 13.1 Å². The Kier molecular flexibility index (Phi) is 6.44. The molecule has 1 saturated heterocycles.